The molecule has 12 aromatic rings. The molecule has 0 saturated carbocycles. The van der Waals surface area contributed by atoms with E-state index < -0.39 is 0 Å². The van der Waals surface area contributed by atoms with Crippen LogP contribution in [0.5, 0.6) is 0 Å². The van der Waals surface area contributed by atoms with Crippen LogP contribution >= 0.6 is 22.7 Å². The molecule has 0 radical (unpaired) electrons. The Morgan fingerprint density at radius 1 is 0.328 bits per heavy atom. The Hall–Kier alpha value is -6.98. The van der Waals surface area contributed by atoms with Crippen LogP contribution in [0.1, 0.15) is 0 Å². The maximum atomic E-state index is 6.27. The SMILES string of the molecule is c1ccc(-c2ccc(N(c3ccc(-c4cccc5oc6ccccc6c45)cc3)c3ccc(-c4cccc5sc6ccccc6c45)cc3)c3sc4ccccc4c23)cc1. The number of furan rings is 1. The summed E-state index contributed by atoms with van der Waals surface area (Å²) in [6, 6.07) is 72.6. The molecule has 9 aromatic carbocycles. The van der Waals surface area contributed by atoms with Gasteiger partial charge < -0.3 is 9.32 Å². The van der Waals surface area contributed by atoms with Gasteiger partial charge in [0.25, 0.3) is 0 Å². The van der Waals surface area contributed by atoms with Gasteiger partial charge in [-0.1, -0.05) is 140 Å². The van der Waals surface area contributed by atoms with Gasteiger partial charge in [-0.05, 0) is 94.0 Å². The summed E-state index contributed by atoms with van der Waals surface area (Å²) in [5, 5.41) is 7.49. The number of thiophene rings is 2. The average molecular weight is 776 g/mol. The summed E-state index contributed by atoms with van der Waals surface area (Å²) in [5.41, 5.74) is 12.4. The molecule has 12 rings (SSSR count). The Morgan fingerprint density at radius 3 is 1.57 bits per heavy atom. The van der Waals surface area contributed by atoms with E-state index in [2.05, 4.69) is 193 Å². The van der Waals surface area contributed by atoms with Crippen LogP contribution in [0.25, 0.3) is 95.7 Å². The third-order valence-electron chi connectivity index (χ3n) is 11.5. The standard InChI is InChI=1S/C54H33NOS2/c1-2-12-34(13-3-1)41-32-33-45(54-53(41)44-16-6-9-22-49(44)58-54)55(37-28-24-35(25-29-37)39-17-10-20-47-51(39)42-14-4-7-19-46(42)56-47)38-30-26-36(27-31-38)40-18-11-23-50-52(40)43-15-5-8-21-48(43)57-50/h1-33H. The van der Waals surface area contributed by atoms with Crippen molar-refractivity contribution in [1.82, 2.24) is 0 Å². The average Bonchev–Trinajstić information content (AvgIpc) is 3.99. The van der Waals surface area contributed by atoms with Crippen LogP contribution < -0.4 is 4.90 Å². The van der Waals surface area contributed by atoms with Gasteiger partial charge in [0.1, 0.15) is 11.2 Å². The van der Waals surface area contributed by atoms with Crippen molar-refractivity contribution in [3.63, 3.8) is 0 Å². The first-order valence-corrected chi connectivity index (χ1v) is 21.2. The predicted octanol–water partition coefficient (Wildman–Crippen LogP) is 16.8. The summed E-state index contributed by atoms with van der Waals surface area (Å²) in [6.07, 6.45) is 0. The molecule has 0 atom stereocenters. The fourth-order valence-electron chi connectivity index (χ4n) is 8.89. The van der Waals surface area contributed by atoms with E-state index in [-0.39, 0.29) is 0 Å². The maximum absolute atomic E-state index is 6.27. The van der Waals surface area contributed by atoms with Crippen molar-refractivity contribution >= 4 is 102 Å². The van der Waals surface area contributed by atoms with E-state index in [9.17, 15) is 0 Å². The van der Waals surface area contributed by atoms with Crippen molar-refractivity contribution in [1.29, 1.82) is 0 Å². The fourth-order valence-corrected chi connectivity index (χ4v) is 11.3. The molecule has 0 unspecified atom stereocenters. The van der Waals surface area contributed by atoms with Crippen molar-refractivity contribution < 1.29 is 4.42 Å². The quantitative estimate of drug-likeness (QED) is 0.167. The molecule has 272 valence electrons. The van der Waals surface area contributed by atoms with E-state index in [1.165, 1.54) is 68.2 Å². The molecule has 4 heteroatoms. The first-order valence-electron chi connectivity index (χ1n) is 19.6. The Kier molecular flexibility index (Phi) is 7.62. The van der Waals surface area contributed by atoms with Crippen molar-refractivity contribution in [2.75, 3.05) is 4.90 Å². The van der Waals surface area contributed by atoms with E-state index in [1.54, 1.807) is 0 Å². The maximum Gasteiger partial charge on any atom is 0.136 e. The number of anilines is 3. The minimum Gasteiger partial charge on any atom is -0.456 e. The molecule has 58 heavy (non-hydrogen) atoms. The first-order chi connectivity index (χ1) is 28.8. The number of rotatable bonds is 6. The Labute approximate surface area is 343 Å². The minimum absolute atomic E-state index is 0.904. The van der Waals surface area contributed by atoms with Crippen LogP contribution in [0.2, 0.25) is 0 Å². The monoisotopic (exact) mass is 775 g/mol. The van der Waals surface area contributed by atoms with Crippen LogP contribution in [-0.2, 0) is 0 Å². The molecule has 0 aliphatic carbocycles. The van der Waals surface area contributed by atoms with E-state index in [1.807, 2.05) is 34.8 Å². The molecule has 0 spiro atoms. The molecule has 0 aliphatic heterocycles. The third-order valence-corrected chi connectivity index (χ3v) is 13.8. The molecular formula is C54H33NOS2. The Morgan fingerprint density at radius 2 is 0.845 bits per heavy atom. The molecule has 0 aliphatic rings. The van der Waals surface area contributed by atoms with E-state index in [4.69, 9.17) is 4.42 Å². The molecule has 0 amide bonds. The molecule has 3 aromatic heterocycles. The van der Waals surface area contributed by atoms with Crippen molar-refractivity contribution in [3.8, 4) is 33.4 Å². The van der Waals surface area contributed by atoms with Gasteiger partial charge in [0, 0.05) is 57.8 Å². The van der Waals surface area contributed by atoms with Crippen LogP contribution in [-0.4, -0.2) is 0 Å². The van der Waals surface area contributed by atoms with Gasteiger partial charge >= 0.3 is 0 Å². The predicted molar refractivity (Wildman–Crippen MR) is 250 cm³/mol. The minimum atomic E-state index is 0.904. The number of hydrogen-bond donors (Lipinski definition) is 0. The first kappa shape index (κ1) is 33.2. The molecule has 3 heterocycles. The number of fused-ring (bicyclic) bond motifs is 9. The highest BCUT2D eigenvalue weighted by atomic mass is 32.1. The molecule has 0 saturated heterocycles. The topological polar surface area (TPSA) is 16.4 Å². The summed E-state index contributed by atoms with van der Waals surface area (Å²) in [7, 11) is 0. The molecular weight excluding hydrogens is 743 g/mol. The fraction of sp³-hybridized carbons (Fsp3) is 0. The highest BCUT2D eigenvalue weighted by Gasteiger charge is 2.22. The van der Waals surface area contributed by atoms with Gasteiger partial charge in [0.2, 0.25) is 0 Å². The second kappa shape index (κ2) is 13.3. The number of para-hydroxylation sites is 1. The normalized spacial score (nSPS) is 11.8. The summed E-state index contributed by atoms with van der Waals surface area (Å²) >= 11 is 3.73. The molecule has 0 N–H and O–H groups in total. The second-order valence-corrected chi connectivity index (χ2v) is 16.9. The summed E-state index contributed by atoms with van der Waals surface area (Å²) in [4.78, 5) is 2.44. The highest BCUT2D eigenvalue weighted by molar-refractivity contribution is 7.26. The lowest BCUT2D eigenvalue weighted by atomic mass is 9.97. The van der Waals surface area contributed by atoms with Crippen LogP contribution in [0, 0.1) is 0 Å². The smallest absolute Gasteiger partial charge is 0.136 e. The Balaban J connectivity index is 1.05. The lowest BCUT2D eigenvalue weighted by Gasteiger charge is -2.27. The van der Waals surface area contributed by atoms with Gasteiger partial charge in [-0.15, -0.1) is 22.7 Å². The van der Waals surface area contributed by atoms with E-state index in [0.29, 0.717) is 0 Å². The van der Waals surface area contributed by atoms with Gasteiger partial charge in [0.05, 0.1) is 10.4 Å². The van der Waals surface area contributed by atoms with Crippen molar-refractivity contribution in [2.45, 2.75) is 0 Å². The molecule has 0 bridgehead atoms. The zero-order valence-corrected chi connectivity index (χ0v) is 32.9. The Bertz CT molecular complexity index is 3340. The van der Waals surface area contributed by atoms with Gasteiger partial charge in [-0.25, -0.2) is 0 Å². The zero-order valence-electron chi connectivity index (χ0n) is 31.2. The lowest BCUT2D eigenvalue weighted by Crippen LogP contribution is -2.10. The van der Waals surface area contributed by atoms with Crippen LogP contribution in [0.3, 0.4) is 0 Å². The number of hydrogen-bond acceptors (Lipinski definition) is 4. The number of nitrogens with zero attached hydrogens (tertiary/aromatic N) is 1. The highest BCUT2D eigenvalue weighted by Crippen LogP contribution is 2.49. The van der Waals surface area contributed by atoms with Gasteiger partial charge in [0.15, 0.2) is 0 Å². The van der Waals surface area contributed by atoms with Crippen molar-refractivity contribution in [3.05, 3.63) is 200 Å². The van der Waals surface area contributed by atoms with Crippen LogP contribution in [0.15, 0.2) is 205 Å². The third kappa shape index (κ3) is 5.23. The van der Waals surface area contributed by atoms with Gasteiger partial charge in [-0.2, -0.15) is 0 Å². The summed E-state index contributed by atoms with van der Waals surface area (Å²) < 4.78 is 11.5. The summed E-state index contributed by atoms with van der Waals surface area (Å²) in [6.45, 7) is 0. The molecule has 2 nitrogen and oxygen atoms in total. The second-order valence-electron chi connectivity index (χ2n) is 14.8. The molecule has 0 fully saturated rings. The van der Waals surface area contributed by atoms with E-state index in [0.717, 1.165) is 44.6 Å². The van der Waals surface area contributed by atoms with Crippen LogP contribution in [0.4, 0.5) is 17.1 Å². The number of benzene rings is 9. The van der Waals surface area contributed by atoms with Crippen molar-refractivity contribution in [2.24, 2.45) is 0 Å². The summed E-state index contributed by atoms with van der Waals surface area (Å²) in [5.74, 6) is 0. The largest absolute Gasteiger partial charge is 0.456 e. The zero-order chi connectivity index (χ0) is 38.2. The van der Waals surface area contributed by atoms with E-state index >= 15 is 0 Å². The lowest BCUT2D eigenvalue weighted by molar-refractivity contribution is 0.669. The van der Waals surface area contributed by atoms with Gasteiger partial charge in [-0.3, -0.25) is 0 Å².